The highest BCUT2D eigenvalue weighted by Crippen LogP contribution is 2.32. The molecule has 0 spiro atoms. The highest BCUT2D eigenvalue weighted by molar-refractivity contribution is 6.38. The predicted octanol–water partition coefficient (Wildman–Crippen LogP) is 3.24. The van der Waals surface area contributed by atoms with Gasteiger partial charge in [-0.1, -0.05) is 28.4 Å². The molecule has 0 bridgehead atoms. The van der Waals surface area contributed by atoms with Crippen molar-refractivity contribution < 1.29 is 19.2 Å². The fourth-order valence-electron chi connectivity index (χ4n) is 1.53. The second-order valence-electron chi connectivity index (χ2n) is 3.86. The second kappa shape index (κ2) is 5.52. The minimum Gasteiger partial charge on any atom is -0.478 e. The van der Waals surface area contributed by atoms with Gasteiger partial charge in [0.2, 0.25) is 0 Å². The van der Waals surface area contributed by atoms with Crippen molar-refractivity contribution in [2.45, 2.75) is 6.92 Å². The Bertz CT molecular complexity index is 697. The smallest absolute Gasteiger partial charge is 0.339 e. The largest absolute Gasteiger partial charge is 0.478 e. The summed E-state index contributed by atoms with van der Waals surface area (Å²) in [5.41, 5.74) is -0.361. The van der Waals surface area contributed by atoms with Crippen molar-refractivity contribution in [1.29, 1.82) is 0 Å². The van der Waals surface area contributed by atoms with Gasteiger partial charge < -0.3 is 14.9 Å². The molecule has 0 unspecified atom stereocenters. The zero-order chi connectivity index (χ0) is 14.9. The van der Waals surface area contributed by atoms with Gasteiger partial charge in [0.1, 0.15) is 11.3 Å². The molecule has 0 radical (unpaired) electrons. The highest BCUT2D eigenvalue weighted by atomic mass is 35.5. The van der Waals surface area contributed by atoms with E-state index in [2.05, 4.69) is 10.5 Å². The number of carbonyl (C=O) groups is 2. The first-order valence-corrected chi connectivity index (χ1v) is 6.11. The number of nitrogens with zero attached hydrogens (tertiary/aromatic N) is 1. The lowest BCUT2D eigenvalue weighted by atomic mass is 10.1. The van der Waals surface area contributed by atoms with E-state index in [1.807, 2.05) is 0 Å². The molecule has 0 saturated heterocycles. The van der Waals surface area contributed by atoms with Crippen molar-refractivity contribution in [2.24, 2.45) is 0 Å². The second-order valence-corrected chi connectivity index (χ2v) is 4.68. The molecule has 1 aromatic carbocycles. The summed E-state index contributed by atoms with van der Waals surface area (Å²) in [6, 6.07) is 4.14. The summed E-state index contributed by atoms with van der Waals surface area (Å²) >= 11 is 11.7. The lowest BCUT2D eigenvalue weighted by Crippen LogP contribution is -2.16. The molecular formula is C12H8Cl2N2O4. The zero-order valence-corrected chi connectivity index (χ0v) is 11.6. The molecule has 0 aliphatic rings. The van der Waals surface area contributed by atoms with Gasteiger partial charge in [-0.05, 0) is 19.1 Å². The van der Waals surface area contributed by atoms with Gasteiger partial charge in [0.05, 0.1) is 15.7 Å². The summed E-state index contributed by atoms with van der Waals surface area (Å²) in [4.78, 5) is 23.1. The molecule has 8 heteroatoms. The third kappa shape index (κ3) is 2.76. The Balaban J connectivity index is 2.41. The van der Waals surface area contributed by atoms with Gasteiger partial charge in [0.25, 0.3) is 5.91 Å². The van der Waals surface area contributed by atoms with Crippen LogP contribution in [-0.4, -0.2) is 22.1 Å². The highest BCUT2D eigenvalue weighted by Gasteiger charge is 2.21. The molecule has 20 heavy (non-hydrogen) atoms. The number of hydrogen-bond acceptors (Lipinski definition) is 4. The van der Waals surface area contributed by atoms with E-state index in [1.165, 1.54) is 18.2 Å². The van der Waals surface area contributed by atoms with Crippen LogP contribution < -0.4 is 5.32 Å². The molecule has 0 atom stereocenters. The molecule has 0 fully saturated rings. The van der Waals surface area contributed by atoms with Gasteiger partial charge in [-0.25, -0.2) is 4.79 Å². The zero-order valence-electron chi connectivity index (χ0n) is 10.1. The number of rotatable bonds is 3. The molecule has 0 saturated carbocycles. The molecule has 104 valence electrons. The Morgan fingerprint density at radius 2 is 1.95 bits per heavy atom. The van der Waals surface area contributed by atoms with Crippen LogP contribution in [0, 0.1) is 6.92 Å². The lowest BCUT2D eigenvalue weighted by Gasteiger charge is -2.10. The summed E-state index contributed by atoms with van der Waals surface area (Å²) in [7, 11) is 0. The molecular weight excluding hydrogens is 307 g/mol. The third-order valence-corrected chi connectivity index (χ3v) is 3.05. The SMILES string of the molecule is Cc1cc(C(=O)Nc2c(Cl)ccc(Cl)c2C(=O)O)no1. The molecule has 0 aliphatic carbocycles. The van der Waals surface area contributed by atoms with E-state index in [0.717, 1.165) is 0 Å². The van der Waals surface area contributed by atoms with Gasteiger partial charge in [-0.3, -0.25) is 4.79 Å². The fourth-order valence-corrected chi connectivity index (χ4v) is 1.98. The minimum atomic E-state index is -1.30. The van der Waals surface area contributed by atoms with Crippen molar-refractivity contribution in [2.75, 3.05) is 5.32 Å². The number of aryl methyl sites for hydroxylation is 1. The Morgan fingerprint density at radius 3 is 2.50 bits per heavy atom. The lowest BCUT2D eigenvalue weighted by molar-refractivity contribution is 0.0698. The number of carbonyl (C=O) groups excluding carboxylic acids is 1. The van der Waals surface area contributed by atoms with Crippen LogP contribution in [0.2, 0.25) is 10.0 Å². The number of anilines is 1. The number of hydrogen-bond donors (Lipinski definition) is 2. The summed E-state index contributed by atoms with van der Waals surface area (Å²) in [5.74, 6) is -1.50. The van der Waals surface area contributed by atoms with E-state index in [-0.39, 0.29) is 27.0 Å². The molecule has 1 amide bonds. The number of carboxylic acids is 1. The maximum Gasteiger partial charge on any atom is 0.339 e. The number of nitrogens with one attached hydrogen (secondary N) is 1. The molecule has 1 heterocycles. The Hall–Kier alpha value is -2.05. The van der Waals surface area contributed by atoms with Crippen LogP contribution in [0.4, 0.5) is 5.69 Å². The first-order valence-electron chi connectivity index (χ1n) is 5.36. The van der Waals surface area contributed by atoms with Gasteiger partial charge >= 0.3 is 5.97 Å². The quantitative estimate of drug-likeness (QED) is 0.907. The normalized spacial score (nSPS) is 10.3. The number of aromatic carboxylic acids is 1. The van der Waals surface area contributed by atoms with Crippen LogP contribution in [-0.2, 0) is 0 Å². The number of amides is 1. The van der Waals surface area contributed by atoms with Crippen LogP contribution in [0.25, 0.3) is 0 Å². The number of benzene rings is 1. The van der Waals surface area contributed by atoms with Crippen molar-refractivity contribution in [3.8, 4) is 0 Å². The Labute approximate surface area is 123 Å². The van der Waals surface area contributed by atoms with Crippen LogP contribution in [0.5, 0.6) is 0 Å². The van der Waals surface area contributed by atoms with E-state index in [0.29, 0.717) is 5.76 Å². The van der Waals surface area contributed by atoms with Crippen LogP contribution in [0.1, 0.15) is 26.6 Å². The van der Waals surface area contributed by atoms with E-state index >= 15 is 0 Å². The first kappa shape index (κ1) is 14.4. The summed E-state index contributed by atoms with van der Waals surface area (Å²) in [6.07, 6.45) is 0. The van der Waals surface area contributed by atoms with Crippen LogP contribution in [0.3, 0.4) is 0 Å². The van der Waals surface area contributed by atoms with Gasteiger partial charge in [0.15, 0.2) is 5.69 Å². The van der Waals surface area contributed by atoms with Gasteiger partial charge in [-0.2, -0.15) is 0 Å². The number of aromatic nitrogens is 1. The Morgan fingerprint density at radius 1 is 1.30 bits per heavy atom. The number of halogens is 2. The van der Waals surface area contributed by atoms with Gasteiger partial charge in [0, 0.05) is 6.07 Å². The molecule has 2 N–H and O–H groups in total. The van der Waals surface area contributed by atoms with E-state index < -0.39 is 11.9 Å². The van der Waals surface area contributed by atoms with Gasteiger partial charge in [-0.15, -0.1) is 0 Å². The molecule has 0 aliphatic heterocycles. The molecule has 2 aromatic rings. The molecule has 6 nitrogen and oxygen atoms in total. The number of carboxylic acid groups (broad SMARTS) is 1. The van der Waals surface area contributed by atoms with E-state index in [1.54, 1.807) is 6.92 Å². The minimum absolute atomic E-state index is 0.00915. The Kier molecular flexibility index (Phi) is 3.96. The standard InChI is InChI=1S/C12H8Cl2N2O4/c1-5-4-8(16-20-5)11(17)15-10-7(14)3-2-6(13)9(10)12(18)19/h2-4H,1H3,(H,15,17)(H,18,19). The molecule has 1 aromatic heterocycles. The average molecular weight is 315 g/mol. The molecule has 2 rings (SSSR count). The maximum absolute atomic E-state index is 11.9. The summed E-state index contributed by atoms with van der Waals surface area (Å²) in [5, 5.41) is 15.1. The third-order valence-electron chi connectivity index (χ3n) is 2.42. The van der Waals surface area contributed by atoms with E-state index in [9.17, 15) is 9.59 Å². The van der Waals surface area contributed by atoms with Crippen LogP contribution >= 0.6 is 23.2 Å². The summed E-state index contributed by atoms with van der Waals surface area (Å²) in [6.45, 7) is 1.62. The first-order chi connectivity index (χ1) is 9.40. The van der Waals surface area contributed by atoms with E-state index in [4.69, 9.17) is 32.8 Å². The van der Waals surface area contributed by atoms with Crippen molar-refractivity contribution in [3.05, 3.63) is 45.3 Å². The van der Waals surface area contributed by atoms with Crippen molar-refractivity contribution >= 4 is 40.8 Å². The monoisotopic (exact) mass is 314 g/mol. The average Bonchev–Trinajstić information content (AvgIpc) is 2.80. The fraction of sp³-hybridized carbons (Fsp3) is 0.0833. The van der Waals surface area contributed by atoms with Crippen LogP contribution in [0.15, 0.2) is 22.7 Å². The maximum atomic E-state index is 11.9. The summed E-state index contributed by atoms with van der Waals surface area (Å²) < 4.78 is 4.77. The van der Waals surface area contributed by atoms with Crippen molar-refractivity contribution in [3.63, 3.8) is 0 Å². The predicted molar refractivity (Wildman–Crippen MR) is 72.6 cm³/mol. The van der Waals surface area contributed by atoms with Crippen molar-refractivity contribution in [1.82, 2.24) is 5.16 Å². The topological polar surface area (TPSA) is 92.4 Å².